The third kappa shape index (κ3) is 1.66. The average molecular weight is 268 g/mol. The number of aromatic nitrogens is 1. The van der Waals surface area contributed by atoms with Crippen LogP contribution in [0.3, 0.4) is 0 Å². The molecule has 1 aromatic heterocycles. The van der Waals surface area contributed by atoms with Gasteiger partial charge in [0.2, 0.25) is 0 Å². The molecule has 1 N–H and O–H groups in total. The van der Waals surface area contributed by atoms with Crippen molar-refractivity contribution in [2.24, 2.45) is 0 Å². The van der Waals surface area contributed by atoms with Gasteiger partial charge in [0.15, 0.2) is 5.78 Å². The number of pyridine rings is 1. The van der Waals surface area contributed by atoms with Crippen LogP contribution in [0.2, 0.25) is 0 Å². The van der Waals surface area contributed by atoms with Gasteiger partial charge in [-0.1, -0.05) is 6.07 Å². The van der Waals surface area contributed by atoms with Crippen molar-refractivity contribution in [2.75, 3.05) is 0 Å². The second kappa shape index (κ2) is 4.27. The maximum absolute atomic E-state index is 12.3. The van der Waals surface area contributed by atoms with Gasteiger partial charge in [-0.25, -0.2) is 0 Å². The lowest BCUT2D eigenvalue weighted by Crippen LogP contribution is -2.00. The first-order valence-electron chi connectivity index (χ1n) is 5.78. The van der Waals surface area contributed by atoms with Crippen LogP contribution in [-0.4, -0.2) is 20.8 Å². The van der Waals surface area contributed by atoms with Gasteiger partial charge in [0.1, 0.15) is 5.76 Å². The van der Waals surface area contributed by atoms with Crippen molar-refractivity contribution in [1.82, 2.24) is 4.98 Å². The van der Waals surface area contributed by atoms with E-state index in [-0.39, 0.29) is 33.9 Å². The number of ketones is 1. The van der Waals surface area contributed by atoms with Crippen LogP contribution in [0.4, 0.5) is 5.69 Å². The highest BCUT2D eigenvalue weighted by Crippen LogP contribution is 2.37. The molecule has 0 fully saturated rings. The zero-order valence-corrected chi connectivity index (χ0v) is 10.1. The summed E-state index contributed by atoms with van der Waals surface area (Å²) in [6.45, 7) is 0. The highest BCUT2D eigenvalue weighted by atomic mass is 16.6. The van der Waals surface area contributed by atoms with Gasteiger partial charge in [-0.05, 0) is 18.2 Å². The summed E-state index contributed by atoms with van der Waals surface area (Å²) in [4.78, 5) is 26.5. The molecule has 98 valence electrons. The quantitative estimate of drug-likeness (QED) is 0.667. The predicted molar refractivity (Wildman–Crippen MR) is 71.1 cm³/mol. The zero-order chi connectivity index (χ0) is 14.3. The summed E-state index contributed by atoms with van der Waals surface area (Å²) in [6.07, 6.45) is 1.51. The average Bonchev–Trinajstić information content (AvgIpc) is 2.71. The van der Waals surface area contributed by atoms with E-state index in [0.717, 1.165) is 0 Å². The number of nitro benzene ring substituents is 1. The first kappa shape index (κ1) is 12.0. The molecule has 1 aromatic carbocycles. The Hall–Kier alpha value is -3.02. The number of allylic oxidation sites excluding steroid dienone is 1. The number of hydrogen-bond donors (Lipinski definition) is 1. The molecule has 6 nitrogen and oxygen atoms in total. The molecule has 0 amide bonds. The Kier molecular flexibility index (Phi) is 2.57. The van der Waals surface area contributed by atoms with Crippen molar-refractivity contribution in [1.29, 1.82) is 0 Å². The molecule has 0 saturated carbocycles. The summed E-state index contributed by atoms with van der Waals surface area (Å²) in [6, 6.07) is 8.77. The van der Waals surface area contributed by atoms with Gasteiger partial charge in [-0.3, -0.25) is 19.9 Å². The van der Waals surface area contributed by atoms with Crippen molar-refractivity contribution in [2.45, 2.75) is 0 Å². The number of aliphatic hydroxyl groups excluding tert-OH is 1. The molecule has 0 radical (unpaired) electrons. The molecule has 6 heteroatoms. The van der Waals surface area contributed by atoms with Gasteiger partial charge < -0.3 is 5.11 Å². The smallest absolute Gasteiger partial charge is 0.270 e. The maximum atomic E-state index is 12.3. The predicted octanol–water partition coefficient (Wildman–Crippen LogP) is 2.61. The molecule has 1 aliphatic carbocycles. The summed E-state index contributed by atoms with van der Waals surface area (Å²) in [7, 11) is 0. The maximum Gasteiger partial charge on any atom is 0.270 e. The Morgan fingerprint density at radius 2 is 1.95 bits per heavy atom. The van der Waals surface area contributed by atoms with Crippen LogP contribution >= 0.6 is 0 Å². The SMILES string of the molecule is O=C1C(c2ccccn2)=C(O)c2cc([N+](=O)[O-])ccc21. The second-order valence-corrected chi connectivity index (χ2v) is 4.25. The lowest BCUT2D eigenvalue weighted by molar-refractivity contribution is -0.384. The molecule has 2 aromatic rings. The van der Waals surface area contributed by atoms with Crippen molar-refractivity contribution in [3.8, 4) is 0 Å². The number of fused-ring (bicyclic) bond motifs is 1. The van der Waals surface area contributed by atoms with E-state index in [4.69, 9.17) is 0 Å². The molecule has 1 aliphatic rings. The van der Waals surface area contributed by atoms with E-state index >= 15 is 0 Å². The Balaban J connectivity index is 2.19. The molecule has 0 unspecified atom stereocenters. The number of benzene rings is 1. The summed E-state index contributed by atoms with van der Waals surface area (Å²) in [5.74, 6) is -0.654. The minimum atomic E-state index is -0.573. The van der Waals surface area contributed by atoms with Gasteiger partial charge in [0.05, 0.1) is 16.2 Å². The molecule has 0 aliphatic heterocycles. The minimum absolute atomic E-state index is 0.0705. The number of Topliss-reactive ketones (excluding diaryl/α,β-unsaturated/α-hetero) is 1. The van der Waals surface area contributed by atoms with E-state index in [1.807, 2.05) is 0 Å². The number of nitrogens with zero attached hydrogens (tertiary/aromatic N) is 2. The molecule has 20 heavy (non-hydrogen) atoms. The minimum Gasteiger partial charge on any atom is -0.506 e. The number of rotatable bonds is 2. The Bertz CT molecular complexity index is 766. The summed E-state index contributed by atoms with van der Waals surface area (Å²) in [5, 5.41) is 20.9. The fraction of sp³-hybridized carbons (Fsp3) is 0. The van der Waals surface area contributed by atoms with Gasteiger partial charge in [-0.15, -0.1) is 0 Å². The van der Waals surface area contributed by atoms with E-state index in [9.17, 15) is 20.0 Å². The number of carbonyl (C=O) groups is 1. The summed E-state index contributed by atoms with van der Waals surface area (Å²) < 4.78 is 0. The molecule has 0 spiro atoms. The van der Waals surface area contributed by atoms with Crippen LogP contribution in [0.15, 0.2) is 42.6 Å². The lowest BCUT2D eigenvalue weighted by Gasteiger charge is -1.99. The monoisotopic (exact) mass is 268 g/mol. The van der Waals surface area contributed by atoms with Crippen molar-refractivity contribution in [3.05, 3.63) is 69.5 Å². The summed E-state index contributed by atoms with van der Waals surface area (Å²) >= 11 is 0. The third-order valence-electron chi connectivity index (χ3n) is 3.10. The molecular formula is C14H8N2O4. The molecule has 0 saturated heterocycles. The van der Waals surface area contributed by atoms with Crippen molar-refractivity contribution < 1.29 is 14.8 Å². The zero-order valence-electron chi connectivity index (χ0n) is 10.1. The lowest BCUT2D eigenvalue weighted by atomic mass is 10.1. The van der Waals surface area contributed by atoms with E-state index < -0.39 is 4.92 Å². The molecule has 3 rings (SSSR count). The number of carbonyl (C=O) groups excluding carboxylic acids is 1. The molecular weight excluding hydrogens is 260 g/mol. The first-order chi connectivity index (χ1) is 9.59. The first-order valence-corrected chi connectivity index (χ1v) is 5.78. The molecule has 1 heterocycles. The Morgan fingerprint density at radius 3 is 2.60 bits per heavy atom. The molecule has 0 atom stereocenters. The third-order valence-corrected chi connectivity index (χ3v) is 3.10. The van der Waals surface area contributed by atoms with Crippen LogP contribution < -0.4 is 0 Å². The van der Waals surface area contributed by atoms with Gasteiger partial charge in [0, 0.05) is 29.5 Å². The van der Waals surface area contributed by atoms with Gasteiger partial charge in [-0.2, -0.15) is 0 Å². The van der Waals surface area contributed by atoms with Crippen LogP contribution in [0.25, 0.3) is 11.3 Å². The highest BCUT2D eigenvalue weighted by Gasteiger charge is 2.32. The highest BCUT2D eigenvalue weighted by molar-refractivity contribution is 6.38. The number of nitro groups is 1. The number of non-ortho nitro benzene ring substituents is 1. The van der Waals surface area contributed by atoms with E-state index in [2.05, 4.69) is 4.98 Å². The van der Waals surface area contributed by atoms with Crippen molar-refractivity contribution in [3.63, 3.8) is 0 Å². The second-order valence-electron chi connectivity index (χ2n) is 4.25. The molecule has 0 bridgehead atoms. The van der Waals surface area contributed by atoms with E-state index in [0.29, 0.717) is 5.69 Å². The van der Waals surface area contributed by atoms with Gasteiger partial charge >= 0.3 is 0 Å². The van der Waals surface area contributed by atoms with E-state index in [1.165, 1.54) is 24.4 Å². The Labute approximate surface area is 113 Å². The van der Waals surface area contributed by atoms with E-state index in [1.54, 1.807) is 18.2 Å². The van der Waals surface area contributed by atoms with Gasteiger partial charge in [0.25, 0.3) is 5.69 Å². The largest absolute Gasteiger partial charge is 0.506 e. The normalized spacial score (nSPS) is 13.5. The summed E-state index contributed by atoms with van der Waals surface area (Å²) in [5.41, 5.74) is 0.652. The van der Waals surface area contributed by atoms with Crippen LogP contribution in [0, 0.1) is 10.1 Å². The van der Waals surface area contributed by atoms with Crippen molar-refractivity contribution >= 4 is 22.8 Å². The topological polar surface area (TPSA) is 93.3 Å². The number of hydrogen-bond acceptors (Lipinski definition) is 5. The fourth-order valence-electron chi connectivity index (χ4n) is 2.16. The van der Waals surface area contributed by atoms with Crippen LogP contribution in [-0.2, 0) is 0 Å². The standard InChI is InChI=1S/C14H8N2O4/c17-13-9-5-4-8(16(19)20)7-10(9)14(18)12(13)11-3-1-2-6-15-11/h1-7,18H. The van der Waals surface area contributed by atoms with Crippen LogP contribution in [0.5, 0.6) is 0 Å². The Morgan fingerprint density at radius 1 is 1.15 bits per heavy atom. The van der Waals surface area contributed by atoms with Crippen LogP contribution in [0.1, 0.15) is 21.6 Å². The number of aliphatic hydroxyl groups is 1. The fourth-order valence-corrected chi connectivity index (χ4v) is 2.16.